The molecule has 0 saturated heterocycles. The van der Waals surface area contributed by atoms with Gasteiger partial charge in [-0.3, -0.25) is 14.6 Å². The smallest absolute Gasteiger partial charge is 0.308 e. The average molecular weight is 363 g/mol. The first kappa shape index (κ1) is 18.1. The summed E-state index contributed by atoms with van der Waals surface area (Å²) in [5, 5.41) is 4.81. The zero-order valence-electron chi connectivity index (χ0n) is 14.6. The van der Waals surface area contributed by atoms with E-state index in [1.165, 1.54) is 13.1 Å². The number of amides is 1. The van der Waals surface area contributed by atoms with Crippen LogP contribution in [0.1, 0.15) is 12.5 Å². The number of carbonyl (C=O) groups excluding carboxylic acids is 2. The van der Waals surface area contributed by atoms with Gasteiger partial charge in [-0.15, -0.1) is 0 Å². The van der Waals surface area contributed by atoms with Gasteiger partial charge in [-0.2, -0.15) is 5.10 Å². The maximum absolute atomic E-state index is 11.9. The number of nitrogens with one attached hydrogen (secondary N) is 1. The van der Waals surface area contributed by atoms with Crippen molar-refractivity contribution in [2.75, 3.05) is 6.61 Å². The second-order valence-electron chi connectivity index (χ2n) is 5.58. The van der Waals surface area contributed by atoms with Crippen molar-refractivity contribution >= 4 is 29.0 Å². The van der Waals surface area contributed by atoms with Crippen molar-refractivity contribution in [3.05, 3.63) is 66.4 Å². The Labute approximate surface area is 155 Å². The first-order chi connectivity index (χ1) is 13.1. The van der Waals surface area contributed by atoms with Gasteiger partial charge in [0.2, 0.25) is 0 Å². The average Bonchev–Trinajstić information content (AvgIpc) is 2.66. The van der Waals surface area contributed by atoms with E-state index in [-0.39, 0.29) is 6.61 Å². The van der Waals surface area contributed by atoms with Crippen LogP contribution in [-0.2, 0) is 9.59 Å². The van der Waals surface area contributed by atoms with Crippen LogP contribution < -0.4 is 14.9 Å². The molecular weight excluding hydrogens is 346 g/mol. The fraction of sp³-hybridized carbons (Fsp3) is 0.100. The van der Waals surface area contributed by atoms with Crippen LogP contribution in [0.2, 0.25) is 0 Å². The molecule has 1 amide bonds. The molecule has 2 aromatic carbocycles. The predicted molar refractivity (Wildman–Crippen MR) is 101 cm³/mol. The Morgan fingerprint density at radius 1 is 1.15 bits per heavy atom. The molecule has 7 heteroatoms. The van der Waals surface area contributed by atoms with Crippen molar-refractivity contribution in [2.24, 2.45) is 5.10 Å². The van der Waals surface area contributed by atoms with E-state index >= 15 is 0 Å². The van der Waals surface area contributed by atoms with Crippen molar-refractivity contribution in [1.29, 1.82) is 0 Å². The highest BCUT2D eigenvalue weighted by molar-refractivity contribution is 5.86. The number of hydrogen-bond acceptors (Lipinski definition) is 6. The monoisotopic (exact) mass is 363 g/mol. The minimum atomic E-state index is -0.407. The number of rotatable bonds is 6. The molecule has 1 heterocycles. The Kier molecular flexibility index (Phi) is 5.73. The lowest BCUT2D eigenvalue weighted by Gasteiger charge is -2.07. The predicted octanol–water partition coefficient (Wildman–Crippen LogP) is 2.69. The molecule has 1 aromatic heterocycles. The van der Waals surface area contributed by atoms with Gasteiger partial charge in [0.25, 0.3) is 5.91 Å². The van der Waals surface area contributed by atoms with Gasteiger partial charge < -0.3 is 9.47 Å². The third-order valence-electron chi connectivity index (χ3n) is 3.48. The Bertz CT molecular complexity index is 996. The van der Waals surface area contributed by atoms with Gasteiger partial charge in [0.1, 0.15) is 17.0 Å². The molecule has 3 aromatic rings. The zero-order valence-corrected chi connectivity index (χ0v) is 14.6. The lowest BCUT2D eigenvalue weighted by Crippen LogP contribution is -2.24. The first-order valence-corrected chi connectivity index (χ1v) is 8.19. The minimum absolute atomic E-state index is 0.194. The van der Waals surface area contributed by atoms with Gasteiger partial charge in [0.15, 0.2) is 6.61 Å². The highest BCUT2D eigenvalue weighted by atomic mass is 16.5. The molecular formula is C20H17N3O4. The maximum Gasteiger partial charge on any atom is 0.308 e. The summed E-state index contributed by atoms with van der Waals surface area (Å²) in [5.41, 5.74) is 3.75. The summed E-state index contributed by atoms with van der Waals surface area (Å²) in [6.07, 6.45) is 3.12. The van der Waals surface area contributed by atoms with Gasteiger partial charge in [-0.25, -0.2) is 5.43 Å². The molecule has 0 fully saturated rings. The molecule has 0 saturated carbocycles. The summed E-state index contributed by atoms with van der Waals surface area (Å²) in [4.78, 5) is 27.2. The number of hydrazone groups is 1. The molecule has 3 rings (SSSR count). The summed E-state index contributed by atoms with van der Waals surface area (Å²) >= 11 is 0. The Morgan fingerprint density at radius 3 is 2.81 bits per heavy atom. The number of pyridine rings is 1. The summed E-state index contributed by atoms with van der Waals surface area (Å²) < 4.78 is 10.5. The maximum atomic E-state index is 11.9. The second kappa shape index (κ2) is 8.57. The molecule has 0 aliphatic rings. The summed E-state index contributed by atoms with van der Waals surface area (Å²) in [5.74, 6) is 0.124. The summed E-state index contributed by atoms with van der Waals surface area (Å²) in [7, 11) is 0. The van der Waals surface area contributed by atoms with Gasteiger partial charge >= 0.3 is 5.97 Å². The molecule has 136 valence electrons. The Morgan fingerprint density at radius 2 is 1.96 bits per heavy atom. The number of esters is 1. The lowest BCUT2D eigenvalue weighted by molar-refractivity contribution is -0.131. The standard InChI is InChI=1S/C20H17N3O4/c1-14(24)27-17-8-2-5-15(11-17)12-22-23-19(25)13-26-18-9-3-6-16-7-4-10-21-20(16)18/h2-12H,13H2,1H3,(H,23,25)/b22-12-. The largest absolute Gasteiger partial charge is 0.481 e. The number of hydrogen-bond donors (Lipinski definition) is 1. The molecule has 7 nitrogen and oxygen atoms in total. The van der Waals surface area contributed by atoms with E-state index in [2.05, 4.69) is 15.5 Å². The van der Waals surface area contributed by atoms with Crippen LogP contribution in [0.3, 0.4) is 0 Å². The van der Waals surface area contributed by atoms with Gasteiger partial charge in [-0.05, 0) is 29.8 Å². The fourth-order valence-corrected chi connectivity index (χ4v) is 2.37. The molecule has 1 N–H and O–H groups in total. The number of nitrogens with zero attached hydrogens (tertiary/aromatic N) is 2. The topological polar surface area (TPSA) is 89.9 Å². The summed E-state index contributed by atoms with van der Waals surface area (Å²) in [6, 6.07) is 16.0. The van der Waals surface area contributed by atoms with E-state index < -0.39 is 11.9 Å². The van der Waals surface area contributed by atoms with Gasteiger partial charge in [0, 0.05) is 18.5 Å². The lowest BCUT2D eigenvalue weighted by atomic mass is 10.2. The first-order valence-electron chi connectivity index (χ1n) is 8.19. The number of benzene rings is 2. The van der Waals surface area contributed by atoms with E-state index in [0.717, 1.165) is 5.39 Å². The molecule has 0 radical (unpaired) electrons. The van der Waals surface area contributed by atoms with Gasteiger partial charge in [-0.1, -0.05) is 30.3 Å². The molecule has 0 atom stereocenters. The zero-order chi connectivity index (χ0) is 19.1. The third kappa shape index (κ3) is 5.12. The van der Waals surface area contributed by atoms with Crippen molar-refractivity contribution < 1.29 is 19.1 Å². The number of carbonyl (C=O) groups is 2. The third-order valence-corrected chi connectivity index (χ3v) is 3.48. The fourth-order valence-electron chi connectivity index (χ4n) is 2.37. The van der Waals surface area contributed by atoms with Crippen LogP contribution in [0.15, 0.2) is 65.9 Å². The van der Waals surface area contributed by atoms with Crippen molar-refractivity contribution in [3.63, 3.8) is 0 Å². The van der Waals surface area contributed by atoms with Crippen molar-refractivity contribution in [2.45, 2.75) is 6.92 Å². The van der Waals surface area contributed by atoms with E-state index in [1.54, 1.807) is 36.5 Å². The highest BCUT2D eigenvalue weighted by Crippen LogP contribution is 2.22. The van der Waals surface area contributed by atoms with Crippen LogP contribution in [0.5, 0.6) is 11.5 Å². The van der Waals surface area contributed by atoms with Crippen LogP contribution in [0.25, 0.3) is 10.9 Å². The van der Waals surface area contributed by atoms with Crippen molar-refractivity contribution in [3.8, 4) is 11.5 Å². The van der Waals surface area contributed by atoms with E-state index in [4.69, 9.17) is 9.47 Å². The summed E-state index contributed by atoms with van der Waals surface area (Å²) in [6.45, 7) is 1.13. The van der Waals surface area contributed by atoms with Crippen LogP contribution in [0.4, 0.5) is 0 Å². The number of aromatic nitrogens is 1. The number of ether oxygens (including phenoxy) is 2. The van der Waals surface area contributed by atoms with E-state index in [9.17, 15) is 9.59 Å². The SMILES string of the molecule is CC(=O)Oc1cccc(/C=N\NC(=O)COc2cccc3cccnc23)c1. The number of fused-ring (bicyclic) bond motifs is 1. The van der Waals surface area contributed by atoms with Gasteiger partial charge in [0.05, 0.1) is 6.21 Å². The number of para-hydroxylation sites is 1. The Balaban J connectivity index is 1.55. The second-order valence-corrected chi connectivity index (χ2v) is 5.58. The highest BCUT2D eigenvalue weighted by Gasteiger charge is 2.06. The molecule has 0 aliphatic heterocycles. The molecule has 0 aliphatic carbocycles. The molecule has 27 heavy (non-hydrogen) atoms. The molecule has 0 spiro atoms. The molecule has 0 bridgehead atoms. The van der Waals surface area contributed by atoms with Crippen LogP contribution in [0, 0.1) is 0 Å². The molecule has 0 unspecified atom stereocenters. The Hall–Kier alpha value is -3.74. The quantitative estimate of drug-likeness (QED) is 0.315. The minimum Gasteiger partial charge on any atom is -0.481 e. The normalized spacial score (nSPS) is 10.7. The van der Waals surface area contributed by atoms with Crippen LogP contribution >= 0.6 is 0 Å². The van der Waals surface area contributed by atoms with E-state index in [0.29, 0.717) is 22.6 Å². The van der Waals surface area contributed by atoms with E-state index in [1.807, 2.05) is 24.3 Å². The van der Waals surface area contributed by atoms with Crippen molar-refractivity contribution in [1.82, 2.24) is 10.4 Å². The van der Waals surface area contributed by atoms with Crippen LogP contribution in [-0.4, -0.2) is 29.7 Å².